The zero-order valence-electron chi connectivity index (χ0n) is 13.1. The van der Waals surface area contributed by atoms with E-state index in [1.54, 1.807) is 6.33 Å². The quantitative estimate of drug-likeness (QED) is 0.563. The molecule has 3 rings (SSSR count). The van der Waals surface area contributed by atoms with Gasteiger partial charge in [-0.2, -0.15) is 0 Å². The van der Waals surface area contributed by atoms with Crippen LogP contribution in [0.4, 0.5) is 5.82 Å². The molecule has 0 bridgehead atoms. The van der Waals surface area contributed by atoms with Gasteiger partial charge in [0.15, 0.2) is 17.2 Å². The lowest BCUT2D eigenvalue weighted by Crippen LogP contribution is -2.77. The Kier molecular flexibility index (Phi) is 3.31. The fraction of sp³-hybridized carbons (Fsp3) is 0.571. The molecule has 0 aliphatic carbocycles. The van der Waals surface area contributed by atoms with E-state index in [0.717, 1.165) is 6.42 Å². The van der Waals surface area contributed by atoms with Gasteiger partial charge < -0.3 is 24.7 Å². The summed E-state index contributed by atoms with van der Waals surface area (Å²) in [7, 11) is 0. The zero-order valence-corrected chi connectivity index (χ0v) is 13.1. The van der Waals surface area contributed by atoms with Crippen LogP contribution in [-0.4, -0.2) is 42.4 Å². The number of rotatable bonds is 3. The fourth-order valence-electron chi connectivity index (χ4n) is 2.99. The van der Waals surface area contributed by atoms with E-state index >= 15 is 0 Å². The van der Waals surface area contributed by atoms with Crippen molar-refractivity contribution in [2.45, 2.75) is 51.1 Å². The van der Waals surface area contributed by atoms with E-state index in [1.165, 1.54) is 24.7 Å². The second-order valence-corrected chi connectivity index (χ2v) is 6.18. The highest BCUT2D eigenvalue weighted by Crippen LogP contribution is 2.33. The maximum atomic E-state index is 11.5. The molecule has 1 aliphatic heterocycles. The van der Waals surface area contributed by atoms with Crippen molar-refractivity contribution < 1.29 is 24.7 Å². The number of carboxylic acids is 1. The SMILES string of the molecule is CCCn1cnc2c3[n+](cnc21)[C@](C)(O)[C@H](O)[C@@](C)(C(=O)[O-])N3. The molecule has 3 atom stereocenters. The molecule has 1 aliphatic rings. The van der Waals surface area contributed by atoms with Crippen molar-refractivity contribution in [3.63, 3.8) is 0 Å². The molecule has 0 fully saturated rings. The number of aliphatic hydroxyl groups is 2. The normalized spacial score (nSPS) is 30.0. The van der Waals surface area contributed by atoms with Crippen molar-refractivity contribution in [2.24, 2.45) is 0 Å². The Bertz CT molecular complexity index is 787. The number of nitrogens with zero attached hydrogens (tertiary/aromatic N) is 4. The van der Waals surface area contributed by atoms with E-state index in [0.29, 0.717) is 17.7 Å². The van der Waals surface area contributed by atoms with Gasteiger partial charge in [0.25, 0.3) is 5.82 Å². The number of hydrogen-bond acceptors (Lipinski definition) is 7. The first-order valence-corrected chi connectivity index (χ1v) is 7.39. The number of carbonyl (C=O) groups is 1. The molecule has 0 saturated carbocycles. The molecule has 23 heavy (non-hydrogen) atoms. The minimum atomic E-state index is -1.88. The number of nitrogens with one attached hydrogen (secondary N) is 1. The highest BCUT2D eigenvalue weighted by molar-refractivity contribution is 5.87. The molecule has 0 aromatic carbocycles. The Balaban J connectivity index is 2.27. The number of aryl methyl sites for hydroxylation is 1. The van der Waals surface area contributed by atoms with Gasteiger partial charge in [-0.1, -0.05) is 11.9 Å². The molecule has 2 aromatic rings. The maximum Gasteiger partial charge on any atom is 0.256 e. The van der Waals surface area contributed by atoms with Gasteiger partial charge in [-0.05, 0) is 13.3 Å². The van der Waals surface area contributed by atoms with E-state index in [4.69, 9.17) is 0 Å². The van der Waals surface area contributed by atoms with Gasteiger partial charge in [0.1, 0.15) is 0 Å². The molecule has 0 amide bonds. The Morgan fingerprint density at radius 2 is 2.22 bits per heavy atom. The average Bonchev–Trinajstić information content (AvgIpc) is 2.89. The number of hydrogen-bond donors (Lipinski definition) is 3. The van der Waals surface area contributed by atoms with Crippen molar-refractivity contribution in [3.8, 4) is 0 Å². The van der Waals surface area contributed by atoms with Crippen LogP contribution in [0.15, 0.2) is 12.7 Å². The number of aliphatic hydroxyl groups excluding tert-OH is 1. The summed E-state index contributed by atoms with van der Waals surface area (Å²) >= 11 is 0. The lowest BCUT2D eigenvalue weighted by Gasteiger charge is -2.44. The van der Waals surface area contributed by atoms with Gasteiger partial charge in [0.05, 0.1) is 12.3 Å². The summed E-state index contributed by atoms with van der Waals surface area (Å²) in [6.45, 7) is 5.31. The second-order valence-electron chi connectivity index (χ2n) is 6.18. The second kappa shape index (κ2) is 4.87. The van der Waals surface area contributed by atoms with Crippen LogP contribution in [0.5, 0.6) is 0 Å². The van der Waals surface area contributed by atoms with Gasteiger partial charge in [0, 0.05) is 13.5 Å². The largest absolute Gasteiger partial charge is 0.546 e. The monoisotopic (exact) mass is 321 g/mol. The summed E-state index contributed by atoms with van der Waals surface area (Å²) in [6.07, 6.45) is 2.21. The first-order chi connectivity index (χ1) is 10.7. The third-order valence-corrected chi connectivity index (χ3v) is 4.39. The van der Waals surface area contributed by atoms with Gasteiger partial charge in [-0.25, -0.2) is 9.55 Å². The topological polar surface area (TPSA) is 127 Å². The van der Waals surface area contributed by atoms with Gasteiger partial charge >= 0.3 is 0 Å². The van der Waals surface area contributed by atoms with Crippen molar-refractivity contribution in [3.05, 3.63) is 12.7 Å². The van der Waals surface area contributed by atoms with Gasteiger partial charge in [-0.3, -0.25) is 5.32 Å². The summed E-state index contributed by atoms with van der Waals surface area (Å²) in [4.78, 5) is 20.1. The summed E-state index contributed by atoms with van der Waals surface area (Å²) in [5, 5.41) is 35.3. The first kappa shape index (κ1) is 15.6. The minimum Gasteiger partial charge on any atom is -0.546 e. The Morgan fingerprint density at radius 3 is 2.83 bits per heavy atom. The number of imidazole rings is 1. The van der Waals surface area contributed by atoms with Crippen LogP contribution >= 0.6 is 0 Å². The van der Waals surface area contributed by atoms with Gasteiger partial charge in [0.2, 0.25) is 17.7 Å². The molecular formula is C14H19N5O4. The minimum absolute atomic E-state index is 0.270. The molecule has 0 unspecified atom stereocenters. The van der Waals surface area contributed by atoms with E-state index in [1.807, 2.05) is 11.5 Å². The Labute approximate surface area is 132 Å². The average molecular weight is 321 g/mol. The van der Waals surface area contributed by atoms with Crippen LogP contribution < -0.4 is 15.0 Å². The Hall–Kier alpha value is -2.26. The Morgan fingerprint density at radius 1 is 1.52 bits per heavy atom. The number of fused-ring (bicyclic) bond motifs is 3. The van der Waals surface area contributed by atoms with Crippen LogP contribution in [0.25, 0.3) is 11.2 Å². The van der Waals surface area contributed by atoms with Crippen LogP contribution in [0.2, 0.25) is 0 Å². The van der Waals surface area contributed by atoms with Crippen molar-refractivity contribution in [1.82, 2.24) is 14.5 Å². The fourth-order valence-corrected chi connectivity index (χ4v) is 2.99. The number of aliphatic carboxylic acids is 1. The van der Waals surface area contributed by atoms with E-state index < -0.39 is 23.3 Å². The van der Waals surface area contributed by atoms with Crippen molar-refractivity contribution in [1.29, 1.82) is 0 Å². The smallest absolute Gasteiger partial charge is 0.256 e. The third kappa shape index (κ3) is 2.00. The van der Waals surface area contributed by atoms with E-state index in [-0.39, 0.29) is 5.82 Å². The number of carboxylic acid groups (broad SMARTS) is 1. The highest BCUT2D eigenvalue weighted by atomic mass is 16.4. The molecule has 0 radical (unpaired) electrons. The molecule has 9 nitrogen and oxygen atoms in total. The molecule has 2 aromatic heterocycles. The zero-order chi connectivity index (χ0) is 17.0. The summed E-state index contributed by atoms with van der Waals surface area (Å²) < 4.78 is 3.13. The predicted molar refractivity (Wildman–Crippen MR) is 76.9 cm³/mol. The molecule has 124 valence electrons. The van der Waals surface area contributed by atoms with Gasteiger partial charge in [-0.15, -0.1) is 0 Å². The van der Waals surface area contributed by atoms with Crippen LogP contribution in [0.3, 0.4) is 0 Å². The third-order valence-electron chi connectivity index (χ3n) is 4.39. The van der Waals surface area contributed by atoms with Crippen LogP contribution in [0, 0.1) is 0 Å². The molecular weight excluding hydrogens is 302 g/mol. The maximum absolute atomic E-state index is 11.5. The predicted octanol–water partition coefficient (Wildman–Crippen LogP) is -1.91. The van der Waals surface area contributed by atoms with Crippen LogP contribution in [0.1, 0.15) is 27.2 Å². The molecule has 3 N–H and O–H groups in total. The molecule has 9 heteroatoms. The molecule has 3 heterocycles. The first-order valence-electron chi connectivity index (χ1n) is 7.39. The summed E-state index contributed by atoms with van der Waals surface area (Å²) in [6, 6.07) is 0. The highest BCUT2D eigenvalue weighted by Gasteiger charge is 2.56. The standard InChI is InChI=1S/C14H19N5O4/c1-4-5-18-6-15-8-9(18)16-7-19-10(8)17-13(2,12(21)22)11(20)14(19,3)23/h6-7,11,20,23H,4-5H2,1-3H3,(H,21,22)/t11-,13+,14-/m1/s1. The summed E-state index contributed by atoms with van der Waals surface area (Å²) in [5.74, 6) is -1.25. The molecule has 0 saturated heterocycles. The van der Waals surface area contributed by atoms with E-state index in [2.05, 4.69) is 15.3 Å². The van der Waals surface area contributed by atoms with Crippen molar-refractivity contribution >= 4 is 23.0 Å². The number of carbonyl (C=O) groups excluding carboxylic acids is 1. The lowest BCUT2D eigenvalue weighted by molar-refractivity contribution is -0.807. The van der Waals surface area contributed by atoms with E-state index in [9.17, 15) is 20.1 Å². The molecule has 0 spiro atoms. The summed E-state index contributed by atoms with van der Waals surface area (Å²) in [5.41, 5.74) is -2.77. The van der Waals surface area contributed by atoms with Crippen molar-refractivity contribution in [2.75, 3.05) is 5.32 Å². The number of anilines is 1. The van der Waals surface area contributed by atoms with Crippen LogP contribution in [-0.2, 0) is 17.1 Å². The lowest BCUT2D eigenvalue weighted by atomic mass is 9.85. The number of aromatic nitrogens is 4.